The molecule has 7 heteroatoms. The van der Waals surface area contributed by atoms with Gasteiger partial charge in [-0.05, 0) is 57.2 Å². The van der Waals surface area contributed by atoms with Gasteiger partial charge in [0, 0.05) is 18.7 Å². The Morgan fingerprint density at radius 2 is 1.87 bits per heavy atom. The molecule has 2 amide bonds. The lowest BCUT2D eigenvalue weighted by Crippen LogP contribution is -2.41. The SMILES string of the molecule is C=C(C)c1cccc(C(C)(C)NC(=O)OCCCCCNC(=O)/C=C\C(=O)OC)c1. The fraction of sp³-hybridized carbons (Fsp3) is 0.435. The lowest BCUT2D eigenvalue weighted by molar-refractivity contribution is -0.135. The Kier molecular flexibility index (Phi) is 10.4. The van der Waals surface area contributed by atoms with Crippen LogP contribution in [0.2, 0.25) is 0 Å². The summed E-state index contributed by atoms with van der Waals surface area (Å²) in [6, 6.07) is 7.90. The molecule has 0 aliphatic rings. The first-order chi connectivity index (χ1) is 14.2. The Bertz CT molecular complexity index is 784. The quantitative estimate of drug-likeness (QED) is 0.326. The van der Waals surface area contributed by atoms with Crippen molar-refractivity contribution in [3.63, 3.8) is 0 Å². The van der Waals surface area contributed by atoms with Crippen LogP contribution in [0.1, 0.15) is 51.2 Å². The van der Waals surface area contributed by atoms with E-state index in [1.807, 2.05) is 45.0 Å². The predicted molar refractivity (Wildman–Crippen MR) is 117 cm³/mol. The topological polar surface area (TPSA) is 93.7 Å². The molecule has 0 atom stereocenters. The van der Waals surface area contributed by atoms with Crippen LogP contribution >= 0.6 is 0 Å². The van der Waals surface area contributed by atoms with Gasteiger partial charge in [0.2, 0.25) is 5.91 Å². The van der Waals surface area contributed by atoms with E-state index in [2.05, 4.69) is 21.9 Å². The van der Waals surface area contributed by atoms with Crippen molar-refractivity contribution >= 4 is 23.5 Å². The number of carbonyl (C=O) groups excluding carboxylic acids is 3. The van der Waals surface area contributed by atoms with Gasteiger partial charge in [-0.3, -0.25) is 4.79 Å². The van der Waals surface area contributed by atoms with Crippen LogP contribution in [0.3, 0.4) is 0 Å². The van der Waals surface area contributed by atoms with Gasteiger partial charge in [-0.1, -0.05) is 30.4 Å². The zero-order valence-corrected chi connectivity index (χ0v) is 18.2. The van der Waals surface area contributed by atoms with Crippen LogP contribution in [0.25, 0.3) is 5.57 Å². The normalized spacial score (nSPS) is 11.1. The number of hydrogen-bond donors (Lipinski definition) is 2. The molecular weight excluding hydrogens is 384 g/mol. The molecule has 2 N–H and O–H groups in total. The average molecular weight is 417 g/mol. The number of hydrogen-bond acceptors (Lipinski definition) is 5. The van der Waals surface area contributed by atoms with E-state index in [9.17, 15) is 14.4 Å². The van der Waals surface area contributed by atoms with Crippen molar-refractivity contribution in [2.45, 2.75) is 45.6 Å². The molecule has 0 bridgehead atoms. The molecule has 0 radical (unpaired) electrons. The molecule has 0 aromatic heterocycles. The lowest BCUT2D eigenvalue weighted by Gasteiger charge is -2.27. The van der Waals surface area contributed by atoms with Crippen LogP contribution in [-0.2, 0) is 24.6 Å². The fourth-order valence-electron chi connectivity index (χ4n) is 2.59. The van der Waals surface area contributed by atoms with Gasteiger partial charge >= 0.3 is 12.1 Å². The number of rotatable bonds is 11. The Labute approximate surface area is 178 Å². The average Bonchev–Trinajstić information content (AvgIpc) is 2.70. The van der Waals surface area contributed by atoms with Gasteiger partial charge in [0.25, 0.3) is 0 Å². The highest BCUT2D eigenvalue weighted by molar-refractivity contribution is 5.94. The summed E-state index contributed by atoms with van der Waals surface area (Å²) in [5.41, 5.74) is 2.39. The number of allylic oxidation sites excluding steroid dienone is 1. The molecule has 164 valence electrons. The minimum Gasteiger partial charge on any atom is -0.466 e. The van der Waals surface area contributed by atoms with Crippen LogP contribution < -0.4 is 10.6 Å². The first-order valence-electron chi connectivity index (χ1n) is 9.91. The van der Waals surface area contributed by atoms with Crippen LogP contribution in [0.5, 0.6) is 0 Å². The molecule has 0 heterocycles. The molecule has 0 fully saturated rings. The van der Waals surface area contributed by atoms with E-state index in [1.165, 1.54) is 7.11 Å². The summed E-state index contributed by atoms with van der Waals surface area (Å²) in [7, 11) is 1.25. The van der Waals surface area contributed by atoms with E-state index in [0.717, 1.165) is 41.7 Å². The molecule has 0 saturated carbocycles. The zero-order valence-electron chi connectivity index (χ0n) is 18.2. The van der Waals surface area contributed by atoms with Crippen molar-refractivity contribution < 1.29 is 23.9 Å². The Balaban J connectivity index is 2.26. The number of benzene rings is 1. The van der Waals surface area contributed by atoms with E-state index in [4.69, 9.17) is 4.74 Å². The second-order valence-corrected chi connectivity index (χ2v) is 7.46. The smallest absolute Gasteiger partial charge is 0.407 e. The van der Waals surface area contributed by atoms with Crippen molar-refractivity contribution in [1.29, 1.82) is 0 Å². The second-order valence-electron chi connectivity index (χ2n) is 7.46. The maximum atomic E-state index is 12.1. The molecule has 0 aliphatic carbocycles. The highest BCUT2D eigenvalue weighted by Crippen LogP contribution is 2.23. The molecule has 0 spiro atoms. The molecule has 7 nitrogen and oxygen atoms in total. The zero-order chi connectivity index (χ0) is 22.6. The van der Waals surface area contributed by atoms with Crippen LogP contribution in [0.4, 0.5) is 4.79 Å². The van der Waals surface area contributed by atoms with E-state index in [1.54, 1.807) is 0 Å². The third-order valence-corrected chi connectivity index (χ3v) is 4.42. The number of alkyl carbamates (subject to hydrolysis) is 1. The van der Waals surface area contributed by atoms with Crippen molar-refractivity contribution in [2.24, 2.45) is 0 Å². The fourth-order valence-corrected chi connectivity index (χ4v) is 2.59. The van der Waals surface area contributed by atoms with E-state index in [0.29, 0.717) is 19.6 Å². The Morgan fingerprint density at radius 3 is 2.53 bits per heavy atom. The molecule has 1 aromatic rings. The van der Waals surface area contributed by atoms with E-state index < -0.39 is 17.6 Å². The first kappa shape index (κ1) is 24.9. The van der Waals surface area contributed by atoms with Crippen molar-refractivity contribution in [3.8, 4) is 0 Å². The molecule has 1 rings (SSSR count). The Morgan fingerprint density at radius 1 is 1.13 bits per heavy atom. The van der Waals surface area contributed by atoms with Crippen LogP contribution in [0.15, 0.2) is 43.0 Å². The molecule has 0 unspecified atom stereocenters. The monoisotopic (exact) mass is 416 g/mol. The van der Waals surface area contributed by atoms with Gasteiger partial charge in [-0.2, -0.15) is 0 Å². The van der Waals surface area contributed by atoms with Gasteiger partial charge < -0.3 is 20.1 Å². The van der Waals surface area contributed by atoms with Gasteiger partial charge in [-0.15, -0.1) is 0 Å². The van der Waals surface area contributed by atoms with Crippen molar-refractivity contribution in [1.82, 2.24) is 10.6 Å². The van der Waals surface area contributed by atoms with Gasteiger partial charge in [0.05, 0.1) is 19.3 Å². The van der Waals surface area contributed by atoms with Crippen LogP contribution in [0, 0.1) is 0 Å². The number of nitrogens with one attached hydrogen (secondary N) is 2. The molecule has 1 aromatic carbocycles. The summed E-state index contributed by atoms with van der Waals surface area (Å²) in [6.45, 7) is 10.5. The van der Waals surface area contributed by atoms with E-state index >= 15 is 0 Å². The summed E-state index contributed by atoms with van der Waals surface area (Å²) in [4.78, 5) is 34.5. The van der Waals surface area contributed by atoms with Crippen molar-refractivity contribution in [3.05, 3.63) is 54.1 Å². The molecule has 0 saturated heterocycles. The maximum absolute atomic E-state index is 12.1. The lowest BCUT2D eigenvalue weighted by atomic mass is 9.92. The van der Waals surface area contributed by atoms with Gasteiger partial charge in [0.15, 0.2) is 0 Å². The third-order valence-electron chi connectivity index (χ3n) is 4.42. The molecule has 0 aliphatic heterocycles. The minimum absolute atomic E-state index is 0.296. The summed E-state index contributed by atoms with van der Waals surface area (Å²) in [5, 5.41) is 5.55. The third kappa shape index (κ3) is 9.41. The number of ether oxygens (including phenoxy) is 2. The number of esters is 1. The summed E-state index contributed by atoms with van der Waals surface area (Å²) in [5.74, 6) is -0.929. The minimum atomic E-state index is -0.579. The number of carbonyl (C=O) groups is 3. The summed E-state index contributed by atoms with van der Waals surface area (Å²) >= 11 is 0. The number of methoxy groups -OCH3 is 1. The first-order valence-corrected chi connectivity index (χ1v) is 9.91. The molecule has 30 heavy (non-hydrogen) atoms. The highest BCUT2D eigenvalue weighted by atomic mass is 16.5. The Hall–Kier alpha value is -3.09. The second kappa shape index (κ2) is 12.5. The van der Waals surface area contributed by atoms with Gasteiger partial charge in [0.1, 0.15) is 0 Å². The van der Waals surface area contributed by atoms with E-state index in [-0.39, 0.29) is 5.91 Å². The largest absolute Gasteiger partial charge is 0.466 e. The maximum Gasteiger partial charge on any atom is 0.407 e. The van der Waals surface area contributed by atoms with Gasteiger partial charge in [-0.25, -0.2) is 9.59 Å². The number of unbranched alkanes of at least 4 members (excludes halogenated alkanes) is 2. The number of amides is 2. The summed E-state index contributed by atoms with van der Waals surface area (Å²) < 4.78 is 9.67. The molecular formula is C23H32N2O5. The summed E-state index contributed by atoms with van der Waals surface area (Å²) in [6.07, 6.45) is 3.94. The predicted octanol–water partition coefficient (Wildman–Crippen LogP) is 3.70. The standard InChI is InChI=1S/C23H32N2O5/c1-17(2)18-10-9-11-19(16-18)23(3,4)25-22(28)30-15-8-6-7-14-24-20(26)12-13-21(27)29-5/h9-13,16H,1,6-8,14-15H2,2-5H3,(H,24,26)(H,25,28)/b13-12-. The highest BCUT2D eigenvalue weighted by Gasteiger charge is 2.23. The van der Waals surface area contributed by atoms with Crippen LogP contribution in [-0.4, -0.2) is 38.2 Å². The van der Waals surface area contributed by atoms with Crippen molar-refractivity contribution in [2.75, 3.05) is 20.3 Å².